The number of nitrogens with zero attached hydrogens (tertiary/aromatic N) is 4. The van der Waals surface area contributed by atoms with Crippen molar-refractivity contribution >= 4 is 11.3 Å². The molecule has 5 heteroatoms. The Hall–Kier alpha value is -1.62. The number of aromatic nitrogens is 3. The highest BCUT2D eigenvalue weighted by Crippen LogP contribution is 2.18. The third kappa shape index (κ3) is 2.18. The Morgan fingerprint density at radius 3 is 3.17 bits per heavy atom. The minimum Gasteiger partial charge on any atom is -0.368 e. The molecule has 0 aliphatic carbocycles. The topological polar surface area (TPSA) is 45.5 Å². The van der Waals surface area contributed by atoms with Gasteiger partial charge in [-0.25, -0.2) is 9.50 Å². The number of anilines is 1. The van der Waals surface area contributed by atoms with Crippen molar-refractivity contribution in [3.63, 3.8) is 0 Å². The van der Waals surface area contributed by atoms with Crippen LogP contribution in [0, 0.1) is 12.8 Å². The van der Waals surface area contributed by atoms with Crippen molar-refractivity contribution in [2.45, 2.75) is 13.3 Å². The van der Waals surface area contributed by atoms with Crippen molar-refractivity contribution in [1.29, 1.82) is 0 Å². The molecule has 18 heavy (non-hydrogen) atoms. The second-order valence-electron chi connectivity index (χ2n) is 5.19. The summed E-state index contributed by atoms with van der Waals surface area (Å²) < 4.78 is 1.88. The predicted molar refractivity (Wildman–Crippen MR) is 71.8 cm³/mol. The molecule has 1 aliphatic rings. The zero-order valence-corrected chi connectivity index (χ0v) is 10.9. The summed E-state index contributed by atoms with van der Waals surface area (Å²) in [6.45, 7) is 5.37. The Bertz CT molecular complexity index is 547. The summed E-state index contributed by atoms with van der Waals surface area (Å²) in [5.74, 6) is 1.66. The van der Waals surface area contributed by atoms with Gasteiger partial charge in [-0.2, -0.15) is 5.10 Å². The Morgan fingerprint density at radius 2 is 2.39 bits per heavy atom. The lowest BCUT2D eigenvalue weighted by Gasteiger charge is -2.12. The Morgan fingerprint density at radius 1 is 1.50 bits per heavy atom. The van der Waals surface area contributed by atoms with Gasteiger partial charge in [-0.15, -0.1) is 0 Å². The minimum absolute atomic E-state index is 0.723. The first-order valence-corrected chi connectivity index (χ1v) is 6.46. The highest BCUT2D eigenvalue weighted by atomic mass is 15.2. The van der Waals surface area contributed by atoms with E-state index in [1.807, 2.05) is 17.6 Å². The summed E-state index contributed by atoms with van der Waals surface area (Å²) in [7, 11) is 2.18. The van der Waals surface area contributed by atoms with Gasteiger partial charge in [-0.05, 0) is 38.9 Å². The molecule has 1 fully saturated rings. The van der Waals surface area contributed by atoms with Gasteiger partial charge in [-0.1, -0.05) is 0 Å². The fourth-order valence-corrected chi connectivity index (χ4v) is 2.61. The number of nitrogens with one attached hydrogen (secondary N) is 1. The average Bonchev–Trinajstić information content (AvgIpc) is 2.91. The SMILES string of the molecule is Cc1cc2c(NCC3CCN(C)C3)nccn2n1. The van der Waals surface area contributed by atoms with Crippen molar-refractivity contribution in [1.82, 2.24) is 19.5 Å². The molecule has 96 valence electrons. The van der Waals surface area contributed by atoms with Crippen molar-refractivity contribution in [2.24, 2.45) is 5.92 Å². The van der Waals surface area contributed by atoms with Gasteiger partial charge in [0.1, 0.15) is 5.52 Å². The lowest BCUT2D eigenvalue weighted by atomic mass is 10.1. The Balaban J connectivity index is 1.74. The van der Waals surface area contributed by atoms with Crippen LogP contribution in [0.1, 0.15) is 12.1 Å². The van der Waals surface area contributed by atoms with Crippen LogP contribution in [0.2, 0.25) is 0 Å². The molecule has 5 nitrogen and oxygen atoms in total. The van der Waals surface area contributed by atoms with Gasteiger partial charge in [0.25, 0.3) is 0 Å². The Kier molecular flexibility index (Phi) is 2.91. The van der Waals surface area contributed by atoms with Crippen molar-refractivity contribution in [3.8, 4) is 0 Å². The second kappa shape index (κ2) is 4.57. The number of rotatable bonds is 3. The molecule has 3 rings (SSSR count). The van der Waals surface area contributed by atoms with Gasteiger partial charge in [0, 0.05) is 25.5 Å². The molecule has 1 saturated heterocycles. The van der Waals surface area contributed by atoms with Crippen LogP contribution >= 0.6 is 0 Å². The lowest BCUT2D eigenvalue weighted by Crippen LogP contribution is -2.19. The van der Waals surface area contributed by atoms with Crippen LogP contribution in [0.4, 0.5) is 5.82 Å². The number of fused-ring (bicyclic) bond motifs is 1. The van der Waals surface area contributed by atoms with Crippen molar-refractivity contribution in [2.75, 3.05) is 32.0 Å². The second-order valence-corrected chi connectivity index (χ2v) is 5.19. The molecule has 0 spiro atoms. The van der Waals surface area contributed by atoms with Gasteiger partial charge >= 0.3 is 0 Å². The third-order valence-corrected chi connectivity index (χ3v) is 3.56. The van der Waals surface area contributed by atoms with E-state index in [0.29, 0.717) is 0 Å². The van der Waals surface area contributed by atoms with Crippen LogP contribution in [0.25, 0.3) is 5.52 Å². The molecule has 1 unspecified atom stereocenters. The van der Waals surface area contributed by atoms with Crippen LogP contribution < -0.4 is 5.32 Å². The summed E-state index contributed by atoms with van der Waals surface area (Å²) in [6.07, 6.45) is 4.95. The molecule has 2 aromatic heterocycles. The molecule has 1 atom stereocenters. The molecule has 0 radical (unpaired) electrons. The van der Waals surface area contributed by atoms with Crippen LogP contribution in [0.15, 0.2) is 18.5 Å². The fraction of sp³-hybridized carbons (Fsp3) is 0.538. The molecule has 0 bridgehead atoms. The molecule has 1 aliphatic heterocycles. The van der Waals surface area contributed by atoms with E-state index < -0.39 is 0 Å². The molecular weight excluding hydrogens is 226 g/mol. The maximum atomic E-state index is 4.41. The predicted octanol–water partition coefficient (Wildman–Crippen LogP) is 1.40. The molecule has 0 saturated carbocycles. The van der Waals surface area contributed by atoms with Gasteiger partial charge < -0.3 is 10.2 Å². The van der Waals surface area contributed by atoms with E-state index >= 15 is 0 Å². The highest BCUT2D eigenvalue weighted by Gasteiger charge is 2.19. The number of hydrogen-bond donors (Lipinski definition) is 1. The van der Waals surface area contributed by atoms with Gasteiger partial charge in [-0.3, -0.25) is 0 Å². The van der Waals surface area contributed by atoms with Crippen LogP contribution in [0.3, 0.4) is 0 Å². The monoisotopic (exact) mass is 245 g/mol. The van der Waals surface area contributed by atoms with Gasteiger partial charge in [0.15, 0.2) is 5.82 Å². The first-order chi connectivity index (χ1) is 8.72. The van der Waals surface area contributed by atoms with E-state index in [1.165, 1.54) is 19.5 Å². The number of aryl methyl sites for hydroxylation is 1. The van der Waals surface area contributed by atoms with Gasteiger partial charge in [0.05, 0.1) is 5.69 Å². The summed E-state index contributed by atoms with van der Waals surface area (Å²) in [4.78, 5) is 6.79. The first kappa shape index (κ1) is 11.5. The summed E-state index contributed by atoms with van der Waals surface area (Å²) in [5, 5.41) is 7.86. The quantitative estimate of drug-likeness (QED) is 0.888. The molecular formula is C13H19N5. The van der Waals surface area contributed by atoms with Crippen LogP contribution in [-0.2, 0) is 0 Å². The molecule has 0 aromatic carbocycles. The molecule has 1 N–H and O–H groups in total. The van der Waals surface area contributed by atoms with E-state index in [1.54, 1.807) is 6.20 Å². The maximum Gasteiger partial charge on any atom is 0.152 e. The molecule has 2 aromatic rings. The normalized spacial score (nSPS) is 20.7. The maximum absolute atomic E-state index is 4.41. The van der Waals surface area contributed by atoms with Gasteiger partial charge in [0.2, 0.25) is 0 Å². The first-order valence-electron chi connectivity index (χ1n) is 6.46. The van der Waals surface area contributed by atoms with E-state index in [9.17, 15) is 0 Å². The van der Waals surface area contributed by atoms with Crippen molar-refractivity contribution in [3.05, 3.63) is 24.2 Å². The zero-order valence-electron chi connectivity index (χ0n) is 10.9. The van der Waals surface area contributed by atoms with E-state index in [0.717, 1.165) is 29.5 Å². The summed E-state index contributed by atoms with van der Waals surface area (Å²) in [6, 6.07) is 2.07. The van der Waals surface area contributed by atoms with Crippen molar-refractivity contribution < 1.29 is 0 Å². The lowest BCUT2D eigenvalue weighted by molar-refractivity contribution is 0.399. The largest absolute Gasteiger partial charge is 0.368 e. The fourth-order valence-electron chi connectivity index (χ4n) is 2.61. The molecule has 0 amide bonds. The van der Waals surface area contributed by atoms with Crippen LogP contribution in [-0.4, -0.2) is 46.2 Å². The standard InChI is InChI=1S/C13H19N5/c1-10-7-12-13(14-4-6-18(12)16-10)15-8-11-3-5-17(2)9-11/h4,6-7,11H,3,5,8-9H2,1-2H3,(H,14,15). The average molecular weight is 245 g/mol. The minimum atomic E-state index is 0.723. The van der Waals surface area contributed by atoms with Crippen LogP contribution in [0.5, 0.6) is 0 Å². The molecule has 3 heterocycles. The Labute approximate surface area is 107 Å². The van der Waals surface area contributed by atoms with E-state index in [-0.39, 0.29) is 0 Å². The zero-order chi connectivity index (χ0) is 12.5. The highest BCUT2D eigenvalue weighted by molar-refractivity contribution is 5.67. The van der Waals surface area contributed by atoms with E-state index in [4.69, 9.17) is 0 Å². The number of likely N-dealkylation sites (tertiary alicyclic amines) is 1. The van der Waals surface area contributed by atoms with E-state index in [2.05, 4.69) is 33.4 Å². The third-order valence-electron chi connectivity index (χ3n) is 3.56. The summed E-state index contributed by atoms with van der Waals surface area (Å²) >= 11 is 0. The number of hydrogen-bond acceptors (Lipinski definition) is 4. The summed E-state index contributed by atoms with van der Waals surface area (Å²) in [5.41, 5.74) is 2.08. The smallest absolute Gasteiger partial charge is 0.152 e.